The highest BCUT2D eigenvalue weighted by Gasteiger charge is 2.71. The summed E-state index contributed by atoms with van der Waals surface area (Å²) in [7, 11) is -3.63. The smallest absolute Gasteiger partial charge is 0.430 e. The van der Waals surface area contributed by atoms with Gasteiger partial charge in [-0.25, -0.2) is 13.2 Å². The van der Waals surface area contributed by atoms with E-state index < -0.39 is 57.0 Å². The van der Waals surface area contributed by atoms with Crippen LogP contribution in [0.1, 0.15) is 43.5 Å². The lowest BCUT2D eigenvalue weighted by molar-refractivity contribution is -0.376. The molecule has 0 spiro atoms. The van der Waals surface area contributed by atoms with E-state index in [0.717, 1.165) is 23.3 Å². The summed E-state index contributed by atoms with van der Waals surface area (Å²) in [5.74, 6) is -0.902. The first-order chi connectivity index (χ1) is 17.6. The van der Waals surface area contributed by atoms with Crippen LogP contribution in [0.15, 0.2) is 47.4 Å². The van der Waals surface area contributed by atoms with Crippen molar-refractivity contribution in [1.82, 2.24) is 4.90 Å². The first-order valence-corrected chi connectivity index (χ1v) is 13.0. The average molecular weight is 583 g/mol. The lowest BCUT2D eigenvalue weighted by atomic mass is 9.92. The molecule has 1 aliphatic rings. The summed E-state index contributed by atoms with van der Waals surface area (Å²) in [6.07, 6.45) is -12.1. The Kier molecular flexibility index (Phi) is 7.51. The van der Waals surface area contributed by atoms with Crippen molar-refractivity contribution in [3.8, 4) is 0 Å². The minimum atomic E-state index is -6.08. The molecule has 0 aromatic heterocycles. The number of carbonyl (C=O) groups excluding carboxylic acids is 2. The lowest BCUT2D eigenvalue weighted by Crippen LogP contribution is -2.53. The van der Waals surface area contributed by atoms with Gasteiger partial charge in [-0.05, 0) is 56.2 Å². The van der Waals surface area contributed by atoms with Crippen molar-refractivity contribution >= 4 is 27.5 Å². The Morgan fingerprint density at radius 2 is 1.51 bits per heavy atom. The van der Waals surface area contributed by atoms with Gasteiger partial charge in [-0.1, -0.05) is 18.2 Å². The first-order valence-electron chi connectivity index (χ1n) is 11.2. The molecule has 0 saturated carbocycles. The number of amides is 2. The lowest BCUT2D eigenvalue weighted by Gasteiger charge is -2.32. The number of hydrogen-bond acceptors (Lipinski definition) is 6. The number of halogens is 6. The number of benzene rings is 2. The quantitative estimate of drug-likeness (QED) is 0.500. The Balaban J connectivity index is 1.96. The third-order valence-electron chi connectivity index (χ3n) is 5.76. The number of hydrogen-bond donors (Lipinski definition) is 2. The molecular formula is C24H24F6N2O6S. The van der Waals surface area contributed by atoms with Crippen LogP contribution in [0.2, 0.25) is 0 Å². The van der Waals surface area contributed by atoms with Gasteiger partial charge in [-0.15, -0.1) is 0 Å². The fourth-order valence-electron chi connectivity index (χ4n) is 3.93. The highest BCUT2D eigenvalue weighted by atomic mass is 32.2. The fourth-order valence-corrected chi connectivity index (χ4v) is 4.60. The van der Waals surface area contributed by atoms with E-state index in [1.165, 1.54) is 18.2 Å². The third-order valence-corrected chi connectivity index (χ3v) is 6.87. The van der Waals surface area contributed by atoms with E-state index in [4.69, 9.17) is 4.74 Å². The summed E-state index contributed by atoms with van der Waals surface area (Å²) in [5.41, 5.74) is -7.30. The Labute approximate surface area is 219 Å². The molecule has 1 atom stereocenters. The highest BCUT2D eigenvalue weighted by molar-refractivity contribution is 7.90. The summed E-state index contributed by atoms with van der Waals surface area (Å²) >= 11 is 0. The van der Waals surface area contributed by atoms with Crippen molar-refractivity contribution in [2.45, 2.75) is 61.8 Å². The zero-order valence-electron chi connectivity index (χ0n) is 20.9. The normalized spacial score (nSPS) is 16.6. The number of nitrogens with zero attached hydrogens (tertiary/aromatic N) is 1. The van der Waals surface area contributed by atoms with E-state index in [0.29, 0.717) is 17.7 Å². The maximum absolute atomic E-state index is 13.3. The van der Waals surface area contributed by atoms with Crippen molar-refractivity contribution in [1.29, 1.82) is 0 Å². The molecule has 0 aliphatic carbocycles. The van der Waals surface area contributed by atoms with Gasteiger partial charge in [0.15, 0.2) is 9.84 Å². The van der Waals surface area contributed by atoms with E-state index in [-0.39, 0.29) is 22.7 Å². The summed E-state index contributed by atoms with van der Waals surface area (Å²) in [5, 5.41) is 11.9. The monoisotopic (exact) mass is 582 g/mol. The second-order valence-corrected chi connectivity index (χ2v) is 11.9. The Bertz CT molecular complexity index is 1370. The van der Waals surface area contributed by atoms with Crippen molar-refractivity contribution in [2.75, 3.05) is 11.6 Å². The highest BCUT2D eigenvalue weighted by Crippen LogP contribution is 2.50. The van der Waals surface area contributed by atoms with Crippen molar-refractivity contribution < 1.29 is 54.2 Å². The maximum Gasteiger partial charge on any atom is 0.430 e. The molecule has 0 unspecified atom stereocenters. The molecule has 214 valence electrons. The molecule has 3 rings (SSSR count). The van der Waals surface area contributed by atoms with Crippen LogP contribution in [0.3, 0.4) is 0 Å². The van der Waals surface area contributed by atoms with E-state index >= 15 is 0 Å². The van der Waals surface area contributed by atoms with Crippen LogP contribution in [0, 0.1) is 0 Å². The molecule has 1 aliphatic heterocycles. The fraction of sp³-hybridized carbons (Fsp3) is 0.417. The topological polar surface area (TPSA) is 113 Å². The Morgan fingerprint density at radius 1 is 0.974 bits per heavy atom. The number of sulfone groups is 1. The second-order valence-electron chi connectivity index (χ2n) is 9.92. The number of nitrogens with one attached hydrogen (secondary N) is 1. The molecule has 39 heavy (non-hydrogen) atoms. The molecule has 2 N–H and O–H groups in total. The van der Waals surface area contributed by atoms with Crippen LogP contribution >= 0.6 is 0 Å². The molecular weight excluding hydrogens is 558 g/mol. The maximum atomic E-state index is 13.3. The van der Waals surface area contributed by atoms with Gasteiger partial charge in [0.05, 0.1) is 11.4 Å². The standard InChI is InChI=1S/C24H24F6N2O6S/c1-21(2,3)38-20(34)32-12-13-11-16(39(4,36)37)9-10-17(13)18(32)19(33)31-15-7-5-14(6-8-15)22(35,23(25,26)27)24(28,29)30/h5-11,18,35H,12H2,1-4H3,(H,31,33)/t18-/m1/s1. The molecule has 8 nitrogen and oxygen atoms in total. The summed E-state index contributed by atoms with van der Waals surface area (Å²) in [6, 6.07) is 4.68. The Hall–Kier alpha value is -3.33. The number of anilines is 1. The zero-order chi connectivity index (χ0) is 29.8. The van der Waals surface area contributed by atoms with E-state index in [9.17, 15) is 49.5 Å². The first kappa shape index (κ1) is 30.2. The molecule has 2 aromatic rings. The summed E-state index contributed by atoms with van der Waals surface area (Å²) < 4.78 is 108. The van der Waals surface area contributed by atoms with Gasteiger partial charge < -0.3 is 15.2 Å². The number of aliphatic hydroxyl groups is 1. The molecule has 2 amide bonds. The van der Waals surface area contributed by atoms with Crippen LogP contribution in [0.5, 0.6) is 0 Å². The van der Waals surface area contributed by atoms with Crippen LogP contribution in [0.25, 0.3) is 0 Å². The van der Waals surface area contributed by atoms with Gasteiger partial charge >= 0.3 is 18.4 Å². The minimum absolute atomic E-state index is 0.0659. The largest absolute Gasteiger partial charge is 0.444 e. The van der Waals surface area contributed by atoms with Gasteiger partial charge in [0, 0.05) is 17.5 Å². The predicted molar refractivity (Wildman–Crippen MR) is 125 cm³/mol. The number of carbonyl (C=O) groups is 2. The van der Waals surface area contributed by atoms with Gasteiger partial charge in [0.2, 0.25) is 0 Å². The van der Waals surface area contributed by atoms with Crippen LogP contribution in [-0.4, -0.2) is 54.6 Å². The van der Waals surface area contributed by atoms with Crippen LogP contribution in [-0.2, 0) is 31.5 Å². The van der Waals surface area contributed by atoms with Crippen molar-refractivity contribution in [2.24, 2.45) is 0 Å². The molecule has 1 heterocycles. The van der Waals surface area contributed by atoms with Gasteiger partial charge in [0.1, 0.15) is 11.6 Å². The molecule has 15 heteroatoms. The number of fused-ring (bicyclic) bond motifs is 1. The molecule has 0 radical (unpaired) electrons. The van der Waals surface area contributed by atoms with Gasteiger partial charge in [0.25, 0.3) is 11.5 Å². The van der Waals surface area contributed by atoms with Gasteiger partial charge in [-0.2, -0.15) is 26.3 Å². The summed E-state index contributed by atoms with van der Waals surface area (Å²) in [6.45, 7) is 4.52. The molecule has 2 aromatic carbocycles. The predicted octanol–water partition coefficient (Wildman–Crippen LogP) is 4.83. The van der Waals surface area contributed by atoms with E-state index in [1.807, 2.05) is 0 Å². The second kappa shape index (κ2) is 9.70. The number of alkyl halides is 6. The molecule has 0 saturated heterocycles. The Morgan fingerprint density at radius 3 is 1.97 bits per heavy atom. The SMILES string of the molecule is CC(C)(C)OC(=O)N1Cc2cc(S(C)(=O)=O)ccc2[C@@H]1C(=O)Nc1ccc(C(O)(C(F)(F)F)C(F)(F)F)cc1. The minimum Gasteiger partial charge on any atom is -0.444 e. The third kappa shape index (κ3) is 5.98. The number of ether oxygens (including phenoxy) is 1. The average Bonchev–Trinajstić information content (AvgIpc) is 3.15. The van der Waals surface area contributed by atoms with Crippen molar-refractivity contribution in [3.05, 3.63) is 59.2 Å². The number of rotatable bonds is 4. The van der Waals surface area contributed by atoms with E-state index in [1.54, 1.807) is 20.8 Å². The molecule has 0 fully saturated rings. The van der Waals surface area contributed by atoms with Crippen LogP contribution < -0.4 is 5.32 Å². The molecule has 0 bridgehead atoms. The van der Waals surface area contributed by atoms with Gasteiger partial charge in [-0.3, -0.25) is 9.69 Å². The van der Waals surface area contributed by atoms with Crippen molar-refractivity contribution in [3.63, 3.8) is 0 Å². The zero-order valence-corrected chi connectivity index (χ0v) is 21.8. The summed E-state index contributed by atoms with van der Waals surface area (Å²) in [4.78, 5) is 27.1. The van der Waals surface area contributed by atoms with E-state index in [2.05, 4.69) is 5.32 Å². The van der Waals surface area contributed by atoms with Crippen LogP contribution in [0.4, 0.5) is 36.8 Å².